The summed E-state index contributed by atoms with van der Waals surface area (Å²) in [5.74, 6) is -0.741. The Kier molecular flexibility index (Phi) is 4.42. The molecule has 7 heteroatoms. The predicted octanol–water partition coefficient (Wildman–Crippen LogP) is 1.39. The van der Waals surface area contributed by atoms with Crippen LogP contribution in [0, 0.1) is 27.4 Å². The molecule has 19 heavy (non-hydrogen) atoms. The zero-order chi connectivity index (χ0) is 14.6. The third-order valence-electron chi connectivity index (χ3n) is 2.61. The number of amides is 1. The molecule has 1 rings (SSSR count). The number of nitrogens with one attached hydrogen (secondary N) is 1. The summed E-state index contributed by atoms with van der Waals surface area (Å²) >= 11 is 0. The molecule has 0 heterocycles. The first-order valence-electron chi connectivity index (χ1n) is 5.61. The maximum atomic E-state index is 11.3. The molecule has 0 fully saturated rings. The number of carbonyl (C=O) groups excluding carboxylic acids is 1. The van der Waals surface area contributed by atoms with Gasteiger partial charge >= 0.3 is 0 Å². The van der Waals surface area contributed by atoms with Gasteiger partial charge in [-0.15, -0.1) is 0 Å². The van der Waals surface area contributed by atoms with E-state index in [9.17, 15) is 14.9 Å². The smallest absolute Gasteiger partial charge is 0.292 e. The van der Waals surface area contributed by atoms with Gasteiger partial charge < -0.3 is 11.1 Å². The topological polar surface area (TPSA) is 122 Å². The van der Waals surface area contributed by atoms with E-state index in [-0.39, 0.29) is 22.9 Å². The second-order valence-corrected chi connectivity index (χ2v) is 4.37. The summed E-state index contributed by atoms with van der Waals surface area (Å²) in [6.45, 7) is 3.53. The second kappa shape index (κ2) is 5.82. The fourth-order valence-electron chi connectivity index (χ4n) is 1.61. The Hall–Kier alpha value is -2.62. The maximum absolute atomic E-state index is 11.3. The fourth-order valence-corrected chi connectivity index (χ4v) is 1.61. The lowest BCUT2D eigenvalue weighted by Crippen LogP contribution is -2.39. The summed E-state index contributed by atoms with van der Waals surface area (Å²) in [7, 11) is 0. The van der Waals surface area contributed by atoms with Crippen LogP contribution in [0.2, 0.25) is 0 Å². The van der Waals surface area contributed by atoms with E-state index in [1.165, 1.54) is 18.2 Å². The summed E-state index contributed by atoms with van der Waals surface area (Å²) in [4.78, 5) is 21.6. The molecular weight excluding hydrogens is 248 g/mol. The van der Waals surface area contributed by atoms with Crippen LogP contribution in [0.15, 0.2) is 18.2 Å². The molecule has 0 aromatic heterocycles. The number of hydrogen-bond acceptors (Lipinski definition) is 5. The Balaban J connectivity index is 3.20. The Labute approximate surface area is 110 Å². The Morgan fingerprint density at radius 2 is 2.16 bits per heavy atom. The van der Waals surface area contributed by atoms with Crippen molar-refractivity contribution in [3.8, 4) is 6.07 Å². The van der Waals surface area contributed by atoms with Gasteiger partial charge in [0.25, 0.3) is 5.69 Å². The fraction of sp³-hybridized carbons (Fsp3) is 0.333. The van der Waals surface area contributed by atoms with Crippen molar-refractivity contribution in [3.05, 3.63) is 33.9 Å². The number of nitrogens with zero attached hydrogens (tertiary/aromatic N) is 2. The minimum Gasteiger partial charge on any atom is -0.368 e. The maximum Gasteiger partial charge on any atom is 0.292 e. The van der Waals surface area contributed by atoms with Crippen LogP contribution in [-0.2, 0) is 4.79 Å². The van der Waals surface area contributed by atoms with Gasteiger partial charge in [0, 0.05) is 6.07 Å². The van der Waals surface area contributed by atoms with Crippen LogP contribution in [0.5, 0.6) is 0 Å². The third-order valence-corrected chi connectivity index (χ3v) is 2.61. The van der Waals surface area contributed by atoms with E-state index < -0.39 is 16.9 Å². The standard InChI is InChI=1S/C12H14N4O3/c1-7(2)11(12(14)17)15-9-5-8(6-13)3-4-10(9)16(18)19/h3-5,7,11,15H,1-2H3,(H2,14,17). The first-order valence-corrected chi connectivity index (χ1v) is 5.61. The van der Waals surface area contributed by atoms with Crippen molar-refractivity contribution in [2.45, 2.75) is 19.9 Å². The van der Waals surface area contributed by atoms with Crippen LogP contribution in [0.1, 0.15) is 19.4 Å². The van der Waals surface area contributed by atoms with Crippen LogP contribution in [0.4, 0.5) is 11.4 Å². The molecule has 0 spiro atoms. The zero-order valence-electron chi connectivity index (χ0n) is 10.6. The number of primary amides is 1. The lowest BCUT2D eigenvalue weighted by atomic mass is 10.0. The number of anilines is 1. The first-order chi connectivity index (χ1) is 8.86. The van der Waals surface area contributed by atoms with E-state index in [4.69, 9.17) is 11.0 Å². The van der Waals surface area contributed by atoms with E-state index in [0.717, 1.165) is 0 Å². The summed E-state index contributed by atoms with van der Waals surface area (Å²) < 4.78 is 0. The number of nitrogens with two attached hydrogens (primary N) is 1. The summed E-state index contributed by atoms with van der Waals surface area (Å²) in [5.41, 5.74) is 5.42. The normalized spacial score (nSPS) is 11.7. The van der Waals surface area contributed by atoms with Gasteiger partial charge in [-0.2, -0.15) is 5.26 Å². The molecule has 1 unspecified atom stereocenters. The highest BCUT2D eigenvalue weighted by molar-refractivity contribution is 5.84. The van der Waals surface area contributed by atoms with Gasteiger partial charge in [0.1, 0.15) is 11.7 Å². The van der Waals surface area contributed by atoms with Crippen molar-refractivity contribution in [2.75, 3.05) is 5.32 Å². The Bertz CT molecular complexity index is 548. The molecule has 0 aliphatic rings. The zero-order valence-corrected chi connectivity index (χ0v) is 10.6. The second-order valence-electron chi connectivity index (χ2n) is 4.37. The van der Waals surface area contributed by atoms with Crippen LogP contribution < -0.4 is 11.1 Å². The van der Waals surface area contributed by atoms with E-state index >= 15 is 0 Å². The lowest BCUT2D eigenvalue weighted by molar-refractivity contribution is -0.384. The highest BCUT2D eigenvalue weighted by atomic mass is 16.6. The number of nitriles is 1. The molecule has 1 aromatic carbocycles. The van der Waals surface area contributed by atoms with Gasteiger partial charge in [-0.3, -0.25) is 14.9 Å². The number of carbonyl (C=O) groups is 1. The molecule has 3 N–H and O–H groups in total. The number of hydrogen-bond donors (Lipinski definition) is 2. The molecule has 0 bridgehead atoms. The average molecular weight is 262 g/mol. The summed E-state index contributed by atoms with van der Waals surface area (Å²) in [6.07, 6.45) is 0. The van der Waals surface area contributed by atoms with Gasteiger partial charge in [0.15, 0.2) is 0 Å². The van der Waals surface area contributed by atoms with E-state index in [1.807, 2.05) is 6.07 Å². The number of nitro benzene ring substituents is 1. The molecular formula is C12H14N4O3. The van der Waals surface area contributed by atoms with E-state index in [0.29, 0.717) is 0 Å². The van der Waals surface area contributed by atoms with Crippen LogP contribution in [-0.4, -0.2) is 16.9 Å². The monoisotopic (exact) mass is 262 g/mol. The molecule has 0 radical (unpaired) electrons. The molecule has 1 atom stereocenters. The molecule has 7 nitrogen and oxygen atoms in total. The van der Waals surface area contributed by atoms with Crippen molar-refractivity contribution < 1.29 is 9.72 Å². The van der Waals surface area contributed by atoms with Crippen molar-refractivity contribution in [3.63, 3.8) is 0 Å². The van der Waals surface area contributed by atoms with Gasteiger partial charge in [0.05, 0.1) is 16.6 Å². The van der Waals surface area contributed by atoms with Crippen molar-refractivity contribution in [1.29, 1.82) is 5.26 Å². The SMILES string of the molecule is CC(C)C(Nc1cc(C#N)ccc1[N+](=O)[O-])C(N)=O. The van der Waals surface area contributed by atoms with Crippen molar-refractivity contribution >= 4 is 17.3 Å². The van der Waals surface area contributed by atoms with Gasteiger partial charge in [-0.1, -0.05) is 13.8 Å². The van der Waals surface area contributed by atoms with Crippen molar-refractivity contribution in [2.24, 2.45) is 11.7 Å². The molecule has 1 amide bonds. The van der Waals surface area contributed by atoms with Crippen LogP contribution in [0.25, 0.3) is 0 Å². The largest absolute Gasteiger partial charge is 0.368 e. The predicted molar refractivity (Wildman–Crippen MR) is 69.3 cm³/mol. The summed E-state index contributed by atoms with van der Waals surface area (Å²) in [6, 6.07) is 5.04. The number of rotatable bonds is 5. The molecule has 0 saturated carbocycles. The number of nitro groups is 1. The lowest BCUT2D eigenvalue weighted by Gasteiger charge is -2.20. The van der Waals surface area contributed by atoms with E-state index in [2.05, 4.69) is 5.32 Å². The Morgan fingerprint density at radius 3 is 2.58 bits per heavy atom. The highest BCUT2D eigenvalue weighted by Crippen LogP contribution is 2.26. The van der Waals surface area contributed by atoms with Gasteiger partial charge in [-0.25, -0.2) is 0 Å². The minimum absolute atomic E-state index is 0.113. The van der Waals surface area contributed by atoms with Gasteiger partial charge in [0.2, 0.25) is 5.91 Å². The quantitative estimate of drug-likeness (QED) is 0.613. The van der Waals surface area contributed by atoms with Crippen molar-refractivity contribution in [1.82, 2.24) is 0 Å². The molecule has 100 valence electrons. The minimum atomic E-state index is -0.743. The Morgan fingerprint density at radius 1 is 1.53 bits per heavy atom. The average Bonchev–Trinajstić information content (AvgIpc) is 2.34. The van der Waals surface area contributed by atoms with Crippen LogP contribution >= 0.6 is 0 Å². The summed E-state index contributed by atoms with van der Waals surface area (Å²) in [5, 5.41) is 22.4. The molecule has 1 aromatic rings. The third kappa shape index (κ3) is 3.42. The first kappa shape index (κ1) is 14.4. The van der Waals surface area contributed by atoms with Crippen LogP contribution in [0.3, 0.4) is 0 Å². The highest BCUT2D eigenvalue weighted by Gasteiger charge is 2.23. The molecule has 0 aliphatic heterocycles. The molecule has 0 aliphatic carbocycles. The number of benzene rings is 1. The molecule has 0 saturated heterocycles. The van der Waals surface area contributed by atoms with Gasteiger partial charge in [-0.05, 0) is 18.1 Å². The van der Waals surface area contributed by atoms with E-state index in [1.54, 1.807) is 13.8 Å².